The highest BCUT2D eigenvalue weighted by Crippen LogP contribution is 2.41. The lowest BCUT2D eigenvalue weighted by Crippen LogP contribution is -2.38. The Morgan fingerprint density at radius 1 is 1.38 bits per heavy atom. The molecule has 3 saturated heterocycles. The SMILES string of the molecule is CCCCOc1cccc(N2C(=NC(=O)[C@@H]3CCCO3)S[C@H]3CS(=O)(=O)C[C@H]32)c1. The number of thioether (sulfide) groups is 1. The van der Waals surface area contributed by atoms with E-state index in [1.165, 1.54) is 11.8 Å². The van der Waals surface area contributed by atoms with Gasteiger partial charge in [0.15, 0.2) is 15.0 Å². The normalized spacial score (nSPS) is 29.3. The van der Waals surface area contributed by atoms with Crippen LogP contribution in [0.1, 0.15) is 32.6 Å². The van der Waals surface area contributed by atoms with E-state index >= 15 is 0 Å². The summed E-state index contributed by atoms with van der Waals surface area (Å²) in [7, 11) is -3.10. The van der Waals surface area contributed by atoms with Crippen LogP contribution < -0.4 is 9.64 Å². The van der Waals surface area contributed by atoms with Crippen molar-refractivity contribution < 1.29 is 22.7 Å². The minimum absolute atomic E-state index is 0.0682. The van der Waals surface area contributed by atoms with Gasteiger partial charge in [-0.05, 0) is 31.4 Å². The molecule has 3 aliphatic heterocycles. The number of hydrogen-bond acceptors (Lipinski definition) is 6. The van der Waals surface area contributed by atoms with Crippen molar-refractivity contribution in [3.63, 3.8) is 0 Å². The Bertz CT molecular complexity index is 896. The third-order valence-corrected chi connectivity index (χ3v) is 8.55. The van der Waals surface area contributed by atoms with Gasteiger partial charge in [0, 0.05) is 23.6 Å². The first kappa shape index (κ1) is 20.7. The van der Waals surface area contributed by atoms with Crippen LogP contribution in [0.4, 0.5) is 5.69 Å². The van der Waals surface area contributed by atoms with Crippen LogP contribution in [0.15, 0.2) is 29.3 Å². The standard InChI is InChI=1S/C20H26N2O5S2/c1-2-3-9-26-15-7-4-6-14(11-15)22-16-12-29(24,25)13-18(16)28-20(22)21-19(23)17-8-5-10-27-17/h4,6-7,11,16-18H,2-3,5,8-10,12-13H2,1H3/t16-,17+,18+/m1/s1. The molecular weight excluding hydrogens is 412 g/mol. The summed E-state index contributed by atoms with van der Waals surface area (Å²) in [5, 5.41) is 0.432. The molecule has 0 saturated carbocycles. The number of anilines is 1. The molecule has 0 radical (unpaired) electrons. The second-order valence-corrected chi connectivity index (χ2v) is 11.0. The molecule has 7 nitrogen and oxygen atoms in total. The molecule has 0 bridgehead atoms. The Hall–Kier alpha value is -1.58. The van der Waals surface area contributed by atoms with Crippen molar-refractivity contribution in [3.8, 4) is 5.75 Å². The number of sulfone groups is 1. The van der Waals surface area contributed by atoms with Gasteiger partial charge in [0.2, 0.25) is 0 Å². The third-order valence-electron chi connectivity index (χ3n) is 5.34. The van der Waals surface area contributed by atoms with E-state index in [0.717, 1.165) is 30.7 Å². The molecule has 9 heteroatoms. The number of aliphatic imine (C=N–C) groups is 1. The summed E-state index contributed by atoms with van der Waals surface area (Å²) >= 11 is 1.38. The summed E-state index contributed by atoms with van der Waals surface area (Å²) in [4.78, 5) is 18.8. The van der Waals surface area contributed by atoms with Gasteiger partial charge < -0.3 is 14.4 Å². The molecule has 158 valence electrons. The van der Waals surface area contributed by atoms with Gasteiger partial charge >= 0.3 is 0 Å². The summed E-state index contributed by atoms with van der Waals surface area (Å²) in [6.45, 7) is 3.32. The van der Waals surface area contributed by atoms with Gasteiger partial charge in [-0.25, -0.2) is 8.42 Å². The minimum atomic E-state index is -3.10. The number of nitrogens with zero attached hydrogens (tertiary/aromatic N) is 2. The molecule has 1 aromatic carbocycles. The van der Waals surface area contributed by atoms with E-state index in [-0.39, 0.29) is 28.7 Å². The smallest absolute Gasteiger partial charge is 0.277 e. The molecular formula is C20H26N2O5S2. The highest BCUT2D eigenvalue weighted by molar-refractivity contribution is 8.16. The Morgan fingerprint density at radius 2 is 2.24 bits per heavy atom. The predicted molar refractivity (Wildman–Crippen MR) is 115 cm³/mol. The van der Waals surface area contributed by atoms with Crippen molar-refractivity contribution in [1.82, 2.24) is 0 Å². The maximum Gasteiger partial charge on any atom is 0.277 e. The second-order valence-electron chi connectivity index (χ2n) is 7.60. The van der Waals surface area contributed by atoms with Crippen LogP contribution in [0.25, 0.3) is 0 Å². The number of unbranched alkanes of at least 4 members (excludes halogenated alkanes) is 1. The number of carbonyl (C=O) groups excluding carboxylic acids is 1. The molecule has 1 aromatic rings. The van der Waals surface area contributed by atoms with E-state index in [4.69, 9.17) is 9.47 Å². The maximum absolute atomic E-state index is 12.6. The number of rotatable bonds is 6. The summed E-state index contributed by atoms with van der Waals surface area (Å²) in [5.41, 5.74) is 0.801. The first-order chi connectivity index (χ1) is 14.0. The molecule has 3 fully saturated rings. The molecule has 3 heterocycles. The van der Waals surface area contributed by atoms with Crippen LogP contribution in [0.5, 0.6) is 5.75 Å². The zero-order valence-corrected chi connectivity index (χ0v) is 18.1. The highest BCUT2D eigenvalue weighted by Gasteiger charge is 2.49. The van der Waals surface area contributed by atoms with Crippen LogP contribution >= 0.6 is 11.8 Å². The second kappa shape index (κ2) is 8.65. The molecule has 0 spiro atoms. The monoisotopic (exact) mass is 438 g/mol. The van der Waals surface area contributed by atoms with Crippen LogP contribution in [0.3, 0.4) is 0 Å². The average molecular weight is 439 g/mol. The molecule has 0 aliphatic carbocycles. The third kappa shape index (κ3) is 4.62. The number of amides is 1. The van der Waals surface area contributed by atoms with E-state index in [1.807, 2.05) is 29.2 Å². The van der Waals surface area contributed by atoms with Gasteiger partial charge in [0.25, 0.3) is 5.91 Å². The lowest BCUT2D eigenvalue weighted by molar-refractivity contribution is -0.126. The molecule has 4 rings (SSSR count). The maximum atomic E-state index is 12.6. The van der Waals surface area contributed by atoms with Gasteiger partial charge in [-0.15, -0.1) is 0 Å². The number of fused-ring (bicyclic) bond motifs is 1. The van der Waals surface area contributed by atoms with E-state index in [1.54, 1.807) is 0 Å². The summed E-state index contributed by atoms with van der Waals surface area (Å²) in [6, 6.07) is 7.35. The van der Waals surface area contributed by atoms with Crippen molar-refractivity contribution in [3.05, 3.63) is 24.3 Å². The molecule has 1 amide bonds. The van der Waals surface area contributed by atoms with Crippen LogP contribution in [0.2, 0.25) is 0 Å². The van der Waals surface area contributed by atoms with Gasteiger partial charge in [0.05, 0.1) is 24.2 Å². The minimum Gasteiger partial charge on any atom is -0.494 e. The number of carbonyl (C=O) groups is 1. The summed E-state index contributed by atoms with van der Waals surface area (Å²) in [5.74, 6) is 0.625. The Labute approximate surface area is 175 Å². The van der Waals surface area contributed by atoms with E-state index in [9.17, 15) is 13.2 Å². The largest absolute Gasteiger partial charge is 0.494 e. The first-order valence-corrected chi connectivity index (χ1v) is 12.8. The number of hydrogen-bond donors (Lipinski definition) is 0. The summed E-state index contributed by atoms with van der Waals surface area (Å²) in [6.07, 6.45) is 3.07. The average Bonchev–Trinajstić information content (AvgIpc) is 3.37. The van der Waals surface area contributed by atoms with Crippen molar-refractivity contribution >= 4 is 38.4 Å². The quantitative estimate of drug-likeness (QED) is 0.631. The summed E-state index contributed by atoms with van der Waals surface area (Å²) < 4.78 is 35.7. The van der Waals surface area contributed by atoms with Crippen molar-refractivity contribution in [2.45, 2.75) is 50.0 Å². The first-order valence-electron chi connectivity index (χ1n) is 10.1. The number of amidine groups is 1. The predicted octanol–water partition coefficient (Wildman–Crippen LogP) is 2.65. The van der Waals surface area contributed by atoms with E-state index < -0.39 is 15.9 Å². The van der Waals surface area contributed by atoms with Crippen LogP contribution in [0, 0.1) is 0 Å². The topological polar surface area (TPSA) is 85.3 Å². The molecule has 3 aliphatic rings. The molecule has 0 aromatic heterocycles. The molecule has 3 atom stereocenters. The van der Waals surface area contributed by atoms with Gasteiger partial charge in [0.1, 0.15) is 11.9 Å². The zero-order chi connectivity index (χ0) is 20.4. The Morgan fingerprint density at radius 3 is 3.00 bits per heavy atom. The Balaban J connectivity index is 1.62. The zero-order valence-electron chi connectivity index (χ0n) is 16.5. The lowest BCUT2D eigenvalue weighted by atomic mass is 10.2. The van der Waals surface area contributed by atoms with Crippen molar-refractivity contribution in [2.75, 3.05) is 29.6 Å². The van der Waals surface area contributed by atoms with E-state index in [0.29, 0.717) is 24.8 Å². The molecule has 29 heavy (non-hydrogen) atoms. The van der Waals surface area contributed by atoms with Gasteiger partial charge in [-0.1, -0.05) is 31.2 Å². The van der Waals surface area contributed by atoms with Crippen molar-refractivity contribution in [1.29, 1.82) is 0 Å². The highest BCUT2D eigenvalue weighted by atomic mass is 32.2. The van der Waals surface area contributed by atoms with Crippen LogP contribution in [-0.2, 0) is 19.4 Å². The van der Waals surface area contributed by atoms with E-state index in [2.05, 4.69) is 11.9 Å². The fourth-order valence-electron chi connectivity index (χ4n) is 3.86. The van der Waals surface area contributed by atoms with Crippen LogP contribution in [-0.4, -0.2) is 61.6 Å². The fraction of sp³-hybridized carbons (Fsp3) is 0.600. The lowest BCUT2D eigenvalue weighted by Gasteiger charge is -2.25. The fourth-order valence-corrected chi connectivity index (χ4v) is 7.78. The number of benzene rings is 1. The Kier molecular flexibility index (Phi) is 6.17. The van der Waals surface area contributed by atoms with Gasteiger partial charge in [-0.3, -0.25) is 4.79 Å². The van der Waals surface area contributed by atoms with Crippen molar-refractivity contribution in [2.24, 2.45) is 4.99 Å². The molecule has 0 N–H and O–H groups in total. The van der Waals surface area contributed by atoms with Gasteiger partial charge in [-0.2, -0.15) is 4.99 Å². The molecule has 0 unspecified atom stereocenters. The number of ether oxygens (including phenoxy) is 2.